The van der Waals surface area contributed by atoms with Crippen molar-refractivity contribution in [2.75, 3.05) is 18.1 Å². The quantitative estimate of drug-likeness (QED) is 0.325. The second kappa shape index (κ2) is 8.58. The first-order chi connectivity index (χ1) is 9.11. The Morgan fingerprint density at radius 3 is 2.95 bits per heavy atom. The maximum Gasteiger partial charge on any atom is 0.316 e. The Morgan fingerprint density at radius 2 is 2.26 bits per heavy atom. The Bertz CT molecular complexity index is 462. The third-order valence-electron chi connectivity index (χ3n) is 2.33. The fraction of sp³-hybridized carbons (Fsp3) is 0.583. The number of nitrogens with one attached hydrogen (secondary N) is 1. The van der Waals surface area contributed by atoms with Crippen LogP contribution >= 0.6 is 11.8 Å². The van der Waals surface area contributed by atoms with Gasteiger partial charge < -0.3 is 15.5 Å². The average Bonchev–Trinajstić information content (AvgIpc) is 2.35. The number of H-pyrrole nitrogens is 1. The van der Waals surface area contributed by atoms with Crippen LogP contribution in [0.25, 0.3) is 0 Å². The van der Waals surface area contributed by atoms with Crippen LogP contribution < -0.4 is 11.3 Å². The summed E-state index contributed by atoms with van der Waals surface area (Å²) in [6, 6.07) is 1.19. The SMILES string of the molecule is CCCCCCOC(=O)CSc1nc(N)cc(=O)[nH]1. The van der Waals surface area contributed by atoms with Crippen molar-refractivity contribution in [3.63, 3.8) is 0 Å². The minimum atomic E-state index is -0.331. The molecule has 0 bridgehead atoms. The number of anilines is 1. The van der Waals surface area contributed by atoms with Crippen molar-refractivity contribution in [2.24, 2.45) is 0 Å². The van der Waals surface area contributed by atoms with E-state index in [1.54, 1.807) is 0 Å². The summed E-state index contributed by atoms with van der Waals surface area (Å²) < 4.78 is 5.06. The van der Waals surface area contributed by atoms with Gasteiger partial charge in [-0.2, -0.15) is 0 Å². The van der Waals surface area contributed by atoms with Crippen molar-refractivity contribution in [1.82, 2.24) is 9.97 Å². The minimum Gasteiger partial charge on any atom is -0.465 e. The van der Waals surface area contributed by atoms with Crippen molar-refractivity contribution >= 4 is 23.5 Å². The van der Waals surface area contributed by atoms with Gasteiger partial charge in [0, 0.05) is 6.07 Å². The van der Waals surface area contributed by atoms with Crippen LogP contribution in [0.1, 0.15) is 32.6 Å². The Morgan fingerprint density at radius 1 is 1.47 bits per heavy atom. The molecule has 0 spiro atoms. The van der Waals surface area contributed by atoms with Gasteiger partial charge in [-0.05, 0) is 6.42 Å². The highest BCUT2D eigenvalue weighted by atomic mass is 32.2. The first kappa shape index (κ1) is 15.6. The van der Waals surface area contributed by atoms with Crippen LogP contribution in [-0.4, -0.2) is 28.3 Å². The van der Waals surface area contributed by atoms with E-state index in [-0.39, 0.29) is 23.1 Å². The number of aromatic nitrogens is 2. The van der Waals surface area contributed by atoms with Crippen LogP contribution in [0.3, 0.4) is 0 Å². The van der Waals surface area contributed by atoms with Crippen molar-refractivity contribution in [3.8, 4) is 0 Å². The largest absolute Gasteiger partial charge is 0.465 e. The number of nitrogen functional groups attached to an aromatic ring is 1. The lowest BCUT2D eigenvalue weighted by molar-refractivity contribution is -0.140. The highest BCUT2D eigenvalue weighted by Gasteiger charge is 2.06. The monoisotopic (exact) mass is 285 g/mol. The van der Waals surface area contributed by atoms with E-state index in [0.29, 0.717) is 11.8 Å². The summed E-state index contributed by atoms with van der Waals surface area (Å²) >= 11 is 1.10. The van der Waals surface area contributed by atoms with E-state index < -0.39 is 0 Å². The average molecular weight is 285 g/mol. The summed E-state index contributed by atoms with van der Waals surface area (Å²) in [5.41, 5.74) is 5.10. The van der Waals surface area contributed by atoms with E-state index in [9.17, 15) is 9.59 Å². The van der Waals surface area contributed by atoms with Crippen LogP contribution in [-0.2, 0) is 9.53 Å². The number of hydrogen-bond donors (Lipinski definition) is 2. The molecule has 3 N–H and O–H groups in total. The van der Waals surface area contributed by atoms with Crippen LogP contribution in [0, 0.1) is 0 Å². The molecule has 7 heteroatoms. The molecule has 6 nitrogen and oxygen atoms in total. The molecule has 1 aromatic heterocycles. The van der Waals surface area contributed by atoms with Crippen LogP contribution in [0.5, 0.6) is 0 Å². The topological polar surface area (TPSA) is 98.1 Å². The molecule has 0 aromatic carbocycles. The molecule has 0 saturated carbocycles. The van der Waals surface area contributed by atoms with Gasteiger partial charge in [0.1, 0.15) is 5.82 Å². The van der Waals surface area contributed by atoms with Gasteiger partial charge in [0.25, 0.3) is 5.56 Å². The zero-order valence-electron chi connectivity index (χ0n) is 11.0. The number of unbranched alkanes of at least 4 members (excludes halogenated alkanes) is 3. The molecule has 0 aliphatic carbocycles. The number of rotatable bonds is 8. The normalized spacial score (nSPS) is 10.4. The number of thioether (sulfide) groups is 1. The van der Waals surface area contributed by atoms with E-state index >= 15 is 0 Å². The zero-order chi connectivity index (χ0) is 14.1. The maximum absolute atomic E-state index is 11.4. The van der Waals surface area contributed by atoms with Gasteiger partial charge in [-0.1, -0.05) is 37.9 Å². The maximum atomic E-state index is 11.4. The van der Waals surface area contributed by atoms with Gasteiger partial charge >= 0.3 is 5.97 Å². The predicted molar refractivity (Wildman–Crippen MR) is 75.1 cm³/mol. The molecule has 0 amide bonds. The molecule has 1 rings (SSSR count). The lowest BCUT2D eigenvalue weighted by Gasteiger charge is -2.04. The molecule has 0 atom stereocenters. The molecular formula is C12H19N3O3S. The molecule has 0 aliphatic rings. The Hall–Kier alpha value is -1.50. The Balaban J connectivity index is 2.24. The van der Waals surface area contributed by atoms with E-state index in [0.717, 1.165) is 37.4 Å². The first-order valence-electron chi connectivity index (χ1n) is 6.27. The van der Waals surface area contributed by atoms with E-state index in [4.69, 9.17) is 10.5 Å². The fourth-order valence-corrected chi connectivity index (χ4v) is 2.09. The lowest BCUT2D eigenvalue weighted by Crippen LogP contribution is -2.12. The summed E-state index contributed by atoms with van der Waals surface area (Å²) in [5, 5.41) is 0.327. The Labute approximate surface area is 116 Å². The van der Waals surface area contributed by atoms with Gasteiger partial charge in [-0.3, -0.25) is 9.59 Å². The number of carbonyl (C=O) groups excluding carboxylic acids is 1. The second-order valence-electron chi connectivity index (χ2n) is 4.05. The lowest BCUT2D eigenvalue weighted by atomic mass is 10.2. The minimum absolute atomic E-state index is 0.111. The van der Waals surface area contributed by atoms with Crippen LogP contribution in [0.15, 0.2) is 16.0 Å². The molecule has 0 fully saturated rings. The van der Waals surface area contributed by atoms with Crippen molar-refractivity contribution in [2.45, 2.75) is 37.8 Å². The molecule has 0 saturated heterocycles. The summed E-state index contributed by atoms with van der Waals surface area (Å²) in [6.07, 6.45) is 4.26. The number of nitrogens with zero attached hydrogens (tertiary/aromatic N) is 1. The predicted octanol–water partition coefficient (Wildman–Crippen LogP) is 1.57. The second-order valence-corrected chi connectivity index (χ2v) is 5.01. The summed E-state index contributed by atoms with van der Waals surface area (Å²) in [4.78, 5) is 28.9. The van der Waals surface area contributed by atoms with Gasteiger partial charge in [0.05, 0.1) is 12.4 Å². The molecular weight excluding hydrogens is 266 g/mol. The smallest absolute Gasteiger partial charge is 0.316 e. The van der Waals surface area contributed by atoms with E-state index in [2.05, 4.69) is 16.9 Å². The first-order valence-corrected chi connectivity index (χ1v) is 7.25. The number of carbonyl (C=O) groups is 1. The summed E-state index contributed by atoms with van der Waals surface area (Å²) in [5.74, 6) is -0.0639. The van der Waals surface area contributed by atoms with Crippen molar-refractivity contribution in [1.29, 1.82) is 0 Å². The third kappa shape index (κ3) is 6.85. The van der Waals surface area contributed by atoms with Crippen LogP contribution in [0.2, 0.25) is 0 Å². The van der Waals surface area contributed by atoms with E-state index in [1.165, 1.54) is 6.07 Å². The number of ether oxygens (including phenoxy) is 1. The Kier molecular flexibility index (Phi) is 7.02. The number of esters is 1. The molecule has 0 unspecified atom stereocenters. The highest BCUT2D eigenvalue weighted by Crippen LogP contribution is 2.12. The summed E-state index contributed by atoms with van der Waals surface area (Å²) in [6.45, 7) is 2.57. The number of aromatic amines is 1. The summed E-state index contributed by atoms with van der Waals surface area (Å²) in [7, 11) is 0. The molecule has 1 heterocycles. The van der Waals surface area contributed by atoms with Gasteiger partial charge in [0.15, 0.2) is 5.16 Å². The highest BCUT2D eigenvalue weighted by molar-refractivity contribution is 7.99. The molecule has 19 heavy (non-hydrogen) atoms. The van der Waals surface area contributed by atoms with Crippen molar-refractivity contribution in [3.05, 3.63) is 16.4 Å². The van der Waals surface area contributed by atoms with Crippen molar-refractivity contribution < 1.29 is 9.53 Å². The molecule has 0 radical (unpaired) electrons. The standard InChI is InChI=1S/C12H19N3O3S/c1-2-3-4-5-6-18-11(17)8-19-12-14-9(13)7-10(16)15-12/h7H,2-6,8H2,1H3,(H3,13,14,15,16). The molecule has 106 valence electrons. The zero-order valence-corrected chi connectivity index (χ0v) is 11.8. The number of hydrogen-bond acceptors (Lipinski definition) is 6. The number of nitrogens with two attached hydrogens (primary N) is 1. The van der Waals surface area contributed by atoms with Gasteiger partial charge in [-0.25, -0.2) is 4.98 Å². The fourth-order valence-electron chi connectivity index (χ4n) is 1.41. The molecule has 1 aromatic rings. The van der Waals surface area contributed by atoms with E-state index in [1.807, 2.05) is 0 Å². The molecule has 0 aliphatic heterocycles. The van der Waals surface area contributed by atoms with Gasteiger partial charge in [0.2, 0.25) is 0 Å². The van der Waals surface area contributed by atoms with Crippen LogP contribution in [0.4, 0.5) is 5.82 Å². The third-order valence-corrected chi connectivity index (χ3v) is 3.17. The van der Waals surface area contributed by atoms with Gasteiger partial charge in [-0.15, -0.1) is 0 Å².